The van der Waals surface area contributed by atoms with Crippen LogP contribution in [0.4, 0.5) is 11.8 Å². The van der Waals surface area contributed by atoms with E-state index in [1.165, 1.54) is 71.1 Å². The van der Waals surface area contributed by atoms with Gasteiger partial charge in [0.15, 0.2) is 0 Å². The molecule has 0 aromatic carbocycles. The van der Waals surface area contributed by atoms with E-state index in [9.17, 15) is 0 Å². The fraction of sp³-hybridized carbons (Fsp3) is 0.800. The summed E-state index contributed by atoms with van der Waals surface area (Å²) in [6.07, 6.45) is 9.65. The van der Waals surface area contributed by atoms with Crippen LogP contribution in [-0.4, -0.2) is 71.1 Å². The summed E-state index contributed by atoms with van der Waals surface area (Å²) in [7, 11) is 0. The van der Waals surface area contributed by atoms with Crippen molar-refractivity contribution in [1.29, 1.82) is 0 Å². The monoisotopic (exact) mass is 358 g/mol. The van der Waals surface area contributed by atoms with Crippen LogP contribution in [0.5, 0.6) is 0 Å². The van der Waals surface area contributed by atoms with Crippen molar-refractivity contribution in [2.75, 3.05) is 49.9 Å². The molecule has 3 aliphatic rings. The van der Waals surface area contributed by atoms with E-state index in [0.29, 0.717) is 5.95 Å². The van der Waals surface area contributed by atoms with Gasteiger partial charge >= 0.3 is 0 Å². The first-order chi connectivity index (χ1) is 12.7. The third-order valence-electron chi connectivity index (χ3n) is 6.60. The normalized spacial score (nSPS) is 24.9. The number of nitrogens with zero attached hydrogens (tertiary/aromatic N) is 5. The molecule has 0 atom stereocenters. The second-order valence-corrected chi connectivity index (χ2v) is 8.31. The fourth-order valence-corrected chi connectivity index (χ4v) is 5.11. The molecule has 26 heavy (non-hydrogen) atoms. The van der Waals surface area contributed by atoms with Crippen molar-refractivity contribution in [3.8, 4) is 0 Å². The van der Waals surface area contributed by atoms with Crippen molar-refractivity contribution < 1.29 is 0 Å². The lowest BCUT2D eigenvalue weighted by Crippen LogP contribution is -2.55. The van der Waals surface area contributed by atoms with Gasteiger partial charge in [-0.2, -0.15) is 4.98 Å². The molecule has 1 saturated carbocycles. The van der Waals surface area contributed by atoms with Crippen LogP contribution in [0.3, 0.4) is 0 Å². The summed E-state index contributed by atoms with van der Waals surface area (Å²) >= 11 is 0. The zero-order valence-electron chi connectivity index (χ0n) is 16.2. The van der Waals surface area contributed by atoms with Gasteiger partial charge in [0.25, 0.3) is 0 Å². The smallest absolute Gasteiger partial charge is 0.222 e. The van der Waals surface area contributed by atoms with E-state index in [2.05, 4.69) is 30.7 Å². The molecule has 2 saturated heterocycles. The van der Waals surface area contributed by atoms with Gasteiger partial charge in [0.2, 0.25) is 5.95 Å². The Bertz CT molecular complexity index is 564. The summed E-state index contributed by atoms with van der Waals surface area (Å²) in [4.78, 5) is 16.5. The molecule has 0 bridgehead atoms. The topological polar surface area (TPSA) is 61.5 Å². The van der Waals surface area contributed by atoms with Crippen LogP contribution in [0, 0.1) is 6.92 Å². The van der Waals surface area contributed by atoms with Crippen LogP contribution >= 0.6 is 0 Å². The highest BCUT2D eigenvalue weighted by Crippen LogP contribution is 2.26. The van der Waals surface area contributed by atoms with Gasteiger partial charge in [0.05, 0.1) is 0 Å². The molecule has 4 rings (SSSR count). The third-order valence-corrected chi connectivity index (χ3v) is 6.60. The molecule has 1 aromatic heterocycles. The first-order valence-corrected chi connectivity index (χ1v) is 10.5. The van der Waals surface area contributed by atoms with E-state index in [1.54, 1.807) is 0 Å². The van der Waals surface area contributed by atoms with Crippen LogP contribution in [0.25, 0.3) is 0 Å². The Kier molecular flexibility index (Phi) is 5.60. The van der Waals surface area contributed by atoms with Gasteiger partial charge in [0.1, 0.15) is 5.82 Å². The second kappa shape index (κ2) is 8.09. The summed E-state index contributed by atoms with van der Waals surface area (Å²) in [6.45, 7) is 9.17. The van der Waals surface area contributed by atoms with Crippen LogP contribution in [0.2, 0.25) is 0 Å². The Labute approximate surface area is 157 Å². The number of nitrogens with two attached hydrogens (primary N) is 1. The number of aromatic nitrogens is 2. The quantitative estimate of drug-likeness (QED) is 0.894. The molecule has 1 aliphatic carbocycles. The Morgan fingerprint density at radius 2 is 1.38 bits per heavy atom. The molecular formula is C20H34N6. The molecule has 6 nitrogen and oxygen atoms in total. The van der Waals surface area contributed by atoms with Crippen LogP contribution < -0.4 is 10.6 Å². The van der Waals surface area contributed by atoms with Gasteiger partial charge < -0.3 is 10.6 Å². The first kappa shape index (κ1) is 18.0. The van der Waals surface area contributed by atoms with Gasteiger partial charge in [-0.15, -0.1) is 0 Å². The molecule has 3 fully saturated rings. The van der Waals surface area contributed by atoms with Crippen molar-refractivity contribution in [3.05, 3.63) is 11.8 Å². The van der Waals surface area contributed by atoms with E-state index < -0.39 is 0 Å². The van der Waals surface area contributed by atoms with Crippen molar-refractivity contribution in [1.82, 2.24) is 19.8 Å². The Balaban J connectivity index is 1.26. The Hall–Kier alpha value is -1.40. The van der Waals surface area contributed by atoms with Crippen molar-refractivity contribution in [2.24, 2.45) is 0 Å². The van der Waals surface area contributed by atoms with E-state index in [-0.39, 0.29) is 0 Å². The molecule has 2 aliphatic heterocycles. The molecule has 144 valence electrons. The number of hydrogen-bond acceptors (Lipinski definition) is 6. The number of rotatable bonds is 3. The predicted molar refractivity (Wildman–Crippen MR) is 106 cm³/mol. The average Bonchev–Trinajstić information content (AvgIpc) is 2.68. The van der Waals surface area contributed by atoms with Gasteiger partial charge in [-0.25, -0.2) is 4.98 Å². The van der Waals surface area contributed by atoms with E-state index in [4.69, 9.17) is 5.73 Å². The minimum absolute atomic E-state index is 0.390. The molecule has 2 N–H and O–H groups in total. The second-order valence-electron chi connectivity index (χ2n) is 8.31. The van der Waals surface area contributed by atoms with E-state index in [0.717, 1.165) is 36.7 Å². The molecule has 0 unspecified atom stereocenters. The number of aryl methyl sites for hydroxylation is 1. The van der Waals surface area contributed by atoms with Crippen LogP contribution in [0.1, 0.15) is 50.6 Å². The first-order valence-electron chi connectivity index (χ1n) is 10.5. The number of piperazine rings is 1. The number of hydrogen-bond donors (Lipinski definition) is 1. The Morgan fingerprint density at radius 3 is 1.96 bits per heavy atom. The van der Waals surface area contributed by atoms with Crippen molar-refractivity contribution in [3.63, 3.8) is 0 Å². The molecule has 0 radical (unpaired) electrons. The van der Waals surface area contributed by atoms with Crippen molar-refractivity contribution in [2.45, 2.75) is 64.0 Å². The average molecular weight is 359 g/mol. The highest BCUT2D eigenvalue weighted by molar-refractivity contribution is 5.43. The fourth-order valence-electron chi connectivity index (χ4n) is 5.11. The number of nitrogen functional groups attached to an aromatic ring is 1. The van der Waals surface area contributed by atoms with E-state index in [1.807, 2.05) is 6.92 Å². The molecule has 1 aromatic rings. The third kappa shape index (κ3) is 4.12. The van der Waals surface area contributed by atoms with Crippen LogP contribution in [0.15, 0.2) is 6.07 Å². The maximum absolute atomic E-state index is 5.82. The predicted octanol–water partition coefficient (Wildman–Crippen LogP) is 2.29. The zero-order valence-corrected chi connectivity index (χ0v) is 16.2. The minimum Gasteiger partial charge on any atom is -0.368 e. The number of piperidine rings is 1. The van der Waals surface area contributed by atoms with Crippen LogP contribution in [-0.2, 0) is 0 Å². The highest BCUT2D eigenvalue weighted by atomic mass is 15.3. The maximum atomic E-state index is 5.82. The SMILES string of the molecule is Cc1cc(N2CCC(N3CCN(C4CCCCC4)CC3)CC2)nc(N)n1. The summed E-state index contributed by atoms with van der Waals surface area (Å²) in [5.41, 5.74) is 6.78. The summed E-state index contributed by atoms with van der Waals surface area (Å²) in [6, 6.07) is 3.67. The maximum Gasteiger partial charge on any atom is 0.222 e. The summed E-state index contributed by atoms with van der Waals surface area (Å²) in [5.74, 6) is 1.39. The molecule has 6 heteroatoms. The summed E-state index contributed by atoms with van der Waals surface area (Å²) < 4.78 is 0. The lowest BCUT2D eigenvalue weighted by atomic mass is 9.93. The summed E-state index contributed by atoms with van der Waals surface area (Å²) in [5, 5.41) is 0. The van der Waals surface area contributed by atoms with Gasteiger partial charge in [0, 0.05) is 63.1 Å². The van der Waals surface area contributed by atoms with Gasteiger partial charge in [-0.05, 0) is 32.6 Å². The number of anilines is 2. The van der Waals surface area contributed by atoms with Gasteiger partial charge in [-0.3, -0.25) is 9.80 Å². The lowest BCUT2D eigenvalue weighted by molar-refractivity contribution is 0.0499. The standard InChI is InChI=1S/C20H34N6/c1-16-15-19(23-20(21)22-16)26-9-7-18(8-10-26)25-13-11-24(12-14-25)17-5-3-2-4-6-17/h15,17-18H,2-14H2,1H3,(H2,21,22,23). The largest absolute Gasteiger partial charge is 0.368 e. The zero-order chi connectivity index (χ0) is 17.9. The highest BCUT2D eigenvalue weighted by Gasteiger charge is 2.30. The van der Waals surface area contributed by atoms with Gasteiger partial charge in [-0.1, -0.05) is 19.3 Å². The molecule has 0 amide bonds. The molecular weight excluding hydrogens is 324 g/mol. The minimum atomic E-state index is 0.390. The molecule has 0 spiro atoms. The van der Waals surface area contributed by atoms with E-state index >= 15 is 0 Å². The molecule has 3 heterocycles. The lowest BCUT2D eigenvalue weighted by Gasteiger charge is -2.45. The van der Waals surface area contributed by atoms with Crippen molar-refractivity contribution >= 4 is 11.8 Å². The Morgan fingerprint density at radius 1 is 0.808 bits per heavy atom.